The second-order valence-electron chi connectivity index (χ2n) is 3.35. The lowest BCUT2D eigenvalue weighted by molar-refractivity contribution is 0.0663. The molecule has 0 bridgehead atoms. The number of hydrogen-bond donors (Lipinski definition) is 2. The predicted octanol–water partition coefficient (Wildman–Crippen LogP) is 3.46. The van der Waals surface area contributed by atoms with E-state index < -0.39 is 5.97 Å². The van der Waals surface area contributed by atoms with Gasteiger partial charge in [0.15, 0.2) is 5.88 Å². The molecule has 17 heavy (non-hydrogen) atoms. The summed E-state index contributed by atoms with van der Waals surface area (Å²) in [6.07, 6.45) is 0.874. The summed E-state index contributed by atoms with van der Waals surface area (Å²) in [6, 6.07) is 7.12. The van der Waals surface area contributed by atoms with Crippen molar-refractivity contribution in [3.05, 3.63) is 38.7 Å². The maximum atomic E-state index is 10.6. The Hall–Kier alpha value is -1.27. The Morgan fingerprint density at radius 1 is 1.41 bits per heavy atom. The molecule has 0 radical (unpaired) electrons. The van der Waals surface area contributed by atoms with Crippen molar-refractivity contribution in [2.24, 2.45) is 0 Å². The molecule has 2 aromatic heterocycles. The van der Waals surface area contributed by atoms with Gasteiger partial charge in [-0.15, -0.1) is 11.3 Å². The van der Waals surface area contributed by atoms with Crippen molar-refractivity contribution in [2.45, 2.75) is 6.42 Å². The molecular weight excluding hydrogens is 306 g/mol. The molecule has 0 spiro atoms. The number of carbonyl (C=O) groups is 1. The van der Waals surface area contributed by atoms with Crippen molar-refractivity contribution in [1.82, 2.24) is 0 Å². The molecule has 90 valence electrons. The number of nitrogens with one attached hydrogen (secondary N) is 1. The van der Waals surface area contributed by atoms with Gasteiger partial charge in [0.05, 0.1) is 3.79 Å². The fraction of sp³-hybridized carbons (Fsp3) is 0.182. The predicted molar refractivity (Wildman–Crippen MR) is 69.9 cm³/mol. The molecular formula is C11H10BrNO3S. The molecule has 0 aliphatic heterocycles. The van der Waals surface area contributed by atoms with E-state index in [0.717, 1.165) is 10.2 Å². The first-order chi connectivity index (χ1) is 8.15. The van der Waals surface area contributed by atoms with Crippen LogP contribution in [0.3, 0.4) is 0 Å². The first-order valence-electron chi connectivity index (χ1n) is 4.96. The van der Waals surface area contributed by atoms with Crippen LogP contribution in [-0.4, -0.2) is 17.6 Å². The zero-order chi connectivity index (χ0) is 12.3. The summed E-state index contributed by atoms with van der Waals surface area (Å²) < 4.78 is 6.18. The maximum Gasteiger partial charge on any atom is 0.371 e. The van der Waals surface area contributed by atoms with E-state index in [1.54, 1.807) is 17.4 Å². The van der Waals surface area contributed by atoms with Crippen LogP contribution >= 0.6 is 27.3 Å². The number of anilines is 1. The molecule has 0 atom stereocenters. The highest BCUT2D eigenvalue weighted by Gasteiger charge is 2.08. The molecule has 0 aliphatic carbocycles. The van der Waals surface area contributed by atoms with Gasteiger partial charge >= 0.3 is 5.97 Å². The fourth-order valence-corrected chi connectivity index (χ4v) is 2.83. The Morgan fingerprint density at radius 3 is 2.82 bits per heavy atom. The Labute approximate surface area is 110 Å². The number of aromatic carboxylic acids is 1. The van der Waals surface area contributed by atoms with E-state index in [9.17, 15) is 4.79 Å². The van der Waals surface area contributed by atoms with Gasteiger partial charge in [-0.25, -0.2) is 4.79 Å². The quantitative estimate of drug-likeness (QED) is 0.887. The molecule has 0 saturated heterocycles. The highest BCUT2D eigenvalue weighted by Crippen LogP contribution is 2.22. The highest BCUT2D eigenvalue weighted by atomic mass is 79.9. The Kier molecular flexibility index (Phi) is 3.86. The standard InChI is InChI=1S/C11H10BrNO3S/c12-9-3-1-7(17-9)5-6-13-10-4-2-8(16-10)11(14)15/h1-4,13H,5-6H2,(H,14,15). The smallest absolute Gasteiger partial charge is 0.371 e. The zero-order valence-electron chi connectivity index (χ0n) is 8.77. The van der Waals surface area contributed by atoms with Gasteiger partial charge in [0.1, 0.15) is 0 Å². The summed E-state index contributed by atoms with van der Waals surface area (Å²) in [7, 11) is 0. The second kappa shape index (κ2) is 5.37. The third-order valence-electron chi connectivity index (χ3n) is 2.12. The summed E-state index contributed by atoms with van der Waals surface area (Å²) in [5.74, 6) is -0.621. The lowest BCUT2D eigenvalue weighted by Crippen LogP contribution is -2.02. The summed E-state index contributed by atoms with van der Waals surface area (Å²) in [6.45, 7) is 0.708. The third-order valence-corrected chi connectivity index (χ3v) is 3.80. The largest absolute Gasteiger partial charge is 0.475 e. The van der Waals surface area contributed by atoms with E-state index in [-0.39, 0.29) is 5.76 Å². The number of rotatable bonds is 5. The van der Waals surface area contributed by atoms with Crippen molar-refractivity contribution >= 4 is 39.1 Å². The normalized spacial score (nSPS) is 10.4. The summed E-state index contributed by atoms with van der Waals surface area (Å²) >= 11 is 5.09. The number of hydrogen-bond acceptors (Lipinski definition) is 4. The number of thiophene rings is 1. The van der Waals surface area contributed by atoms with Gasteiger partial charge < -0.3 is 14.8 Å². The molecule has 2 heterocycles. The molecule has 0 amide bonds. The number of halogens is 1. The van der Waals surface area contributed by atoms with Crippen LogP contribution in [0.4, 0.5) is 5.88 Å². The Balaban J connectivity index is 1.83. The average Bonchev–Trinajstić information content (AvgIpc) is 2.88. The van der Waals surface area contributed by atoms with Crippen LogP contribution in [0.2, 0.25) is 0 Å². The molecule has 2 N–H and O–H groups in total. The molecule has 0 saturated carbocycles. The van der Waals surface area contributed by atoms with Gasteiger partial charge in [-0.3, -0.25) is 0 Å². The molecule has 4 nitrogen and oxygen atoms in total. The van der Waals surface area contributed by atoms with Crippen LogP contribution in [0.5, 0.6) is 0 Å². The summed E-state index contributed by atoms with van der Waals surface area (Å²) in [4.78, 5) is 11.8. The van der Waals surface area contributed by atoms with Gasteiger partial charge in [0, 0.05) is 17.5 Å². The Bertz CT molecular complexity index is 520. The van der Waals surface area contributed by atoms with Gasteiger partial charge in [0.2, 0.25) is 5.76 Å². The lowest BCUT2D eigenvalue weighted by Gasteiger charge is -2.00. The van der Waals surface area contributed by atoms with Crippen LogP contribution in [0.15, 0.2) is 32.5 Å². The zero-order valence-corrected chi connectivity index (χ0v) is 11.2. The topological polar surface area (TPSA) is 62.5 Å². The first-order valence-corrected chi connectivity index (χ1v) is 6.57. The minimum absolute atomic E-state index is 0.0497. The second-order valence-corrected chi connectivity index (χ2v) is 5.90. The van der Waals surface area contributed by atoms with E-state index in [0.29, 0.717) is 12.4 Å². The average molecular weight is 316 g/mol. The van der Waals surface area contributed by atoms with Gasteiger partial charge in [0.25, 0.3) is 0 Å². The molecule has 0 aromatic carbocycles. The van der Waals surface area contributed by atoms with E-state index in [1.807, 2.05) is 6.07 Å². The van der Waals surface area contributed by atoms with Crippen LogP contribution in [-0.2, 0) is 6.42 Å². The lowest BCUT2D eigenvalue weighted by atomic mass is 10.3. The van der Waals surface area contributed by atoms with Gasteiger partial charge in [-0.05, 0) is 40.5 Å². The molecule has 0 aliphatic rings. The number of furan rings is 1. The Morgan fingerprint density at radius 2 is 2.24 bits per heavy atom. The molecule has 6 heteroatoms. The first kappa shape index (κ1) is 12.2. The van der Waals surface area contributed by atoms with E-state index in [1.165, 1.54) is 10.9 Å². The van der Waals surface area contributed by atoms with Gasteiger partial charge in [-0.2, -0.15) is 0 Å². The van der Waals surface area contributed by atoms with Crippen LogP contribution in [0, 0.1) is 0 Å². The molecule has 0 unspecified atom stereocenters. The minimum Gasteiger partial charge on any atom is -0.475 e. The summed E-state index contributed by atoms with van der Waals surface area (Å²) in [5.41, 5.74) is 0. The molecule has 2 rings (SSSR count). The van der Waals surface area contributed by atoms with Crippen LogP contribution in [0.25, 0.3) is 0 Å². The SMILES string of the molecule is O=C(O)c1ccc(NCCc2ccc(Br)s2)o1. The van der Waals surface area contributed by atoms with Crippen molar-refractivity contribution in [3.8, 4) is 0 Å². The number of carboxylic acids is 1. The fourth-order valence-electron chi connectivity index (χ4n) is 1.34. The highest BCUT2D eigenvalue weighted by molar-refractivity contribution is 9.11. The molecule has 2 aromatic rings. The van der Waals surface area contributed by atoms with Crippen molar-refractivity contribution < 1.29 is 14.3 Å². The van der Waals surface area contributed by atoms with E-state index >= 15 is 0 Å². The summed E-state index contributed by atoms with van der Waals surface area (Å²) in [5, 5.41) is 11.7. The van der Waals surface area contributed by atoms with Crippen molar-refractivity contribution in [1.29, 1.82) is 0 Å². The van der Waals surface area contributed by atoms with Crippen molar-refractivity contribution in [3.63, 3.8) is 0 Å². The monoisotopic (exact) mass is 315 g/mol. The minimum atomic E-state index is -1.06. The third kappa shape index (κ3) is 3.34. The van der Waals surface area contributed by atoms with Crippen LogP contribution < -0.4 is 5.32 Å². The number of carboxylic acid groups (broad SMARTS) is 1. The van der Waals surface area contributed by atoms with Crippen LogP contribution in [0.1, 0.15) is 15.4 Å². The maximum absolute atomic E-state index is 10.6. The van der Waals surface area contributed by atoms with Gasteiger partial charge in [-0.1, -0.05) is 0 Å². The molecule has 0 fully saturated rings. The van der Waals surface area contributed by atoms with Crippen molar-refractivity contribution in [2.75, 3.05) is 11.9 Å². The van der Waals surface area contributed by atoms with E-state index in [4.69, 9.17) is 9.52 Å². The van der Waals surface area contributed by atoms with E-state index in [2.05, 4.69) is 27.3 Å².